The molecule has 0 radical (unpaired) electrons. The highest BCUT2D eigenvalue weighted by molar-refractivity contribution is 9.10. The van der Waals surface area contributed by atoms with Crippen molar-refractivity contribution in [2.24, 2.45) is 0 Å². The molecule has 0 bridgehead atoms. The van der Waals surface area contributed by atoms with E-state index in [-0.39, 0.29) is 11.6 Å². The van der Waals surface area contributed by atoms with E-state index in [1.807, 2.05) is 0 Å². The predicted molar refractivity (Wildman–Crippen MR) is 132 cm³/mol. The first kappa shape index (κ1) is 22.5. The second kappa shape index (κ2) is 9.07. The van der Waals surface area contributed by atoms with Gasteiger partial charge in [0.05, 0.1) is 39.3 Å². The Balaban J connectivity index is 1.64. The summed E-state index contributed by atoms with van der Waals surface area (Å²) in [5, 5.41) is 11.9. The van der Waals surface area contributed by atoms with Crippen molar-refractivity contribution in [3.05, 3.63) is 78.8 Å². The number of rotatable bonds is 5. The lowest BCUT2D eigenvalue weighted by molar-refractivity contribution is -0.384. The lowest BCUT2D eigenvalue weighted by atomic mass is 10.1. The summed E-state index contributed by atoms with van der Waals surface area (Å²) in [5.74, 6) is 0.705. The number of amides is 1. The van der Waals surface area contributed by atoms with Gasteiger partial charge in [-0.05, 0) is 58.4 Å². The summed E-state index contributed by atoms with van der Waals surface area (Å²) in [6.45, 7) is 0. The van der Waals surface area contributed by atoms with Gasteiger partial charge in [-0.3, -0.25) is 19.8 Å². The largest absolute Gasteiger partial charge is 0.497 e. The van der Waals surface area contributed by atoms with Crippen LogP contribution in [-0.4, -0.2) is 22.3 Å². The van der Waals surface area contributed by atoms with Gasteiger partial charge in [0.1, 0.15) is 17.3 Å². The topological polar surface area (TPSA) is 85.8 Å². The molecule has 1 saturated heterocycles. The average Bonchev–Trinajstić information content (AvgIpc) is 3.34. The van der Waals surface area contributed by atoms with Crippen molar-refractivity contribution in [2.45, 2.75) is 0 Å². The van der Waals surface area contributed by atoms with Gasteiger partial charge in [-0.2, -0.15) is 0 Å². The number of thioether (sulfide) groups is 1. The molecule has 11 heteroatoms. The summed E-state index contributed by atoms with van der Waals surface area (Å²) in [5.41, 5.74) is 0.703. The highest BCUT2D eigenvalue weighted by Crippen LogP contribution is 2.39. The third-order valence-electron chi connectivity index (χ3n) is 4.52. The Bertz CT molecular complexity index is 1310. The molecule has 0 spiro atoms. The number of anilines is 1. The van der Waals surface area contributed by atoms with Crippen molar-refractivity contribution in [2.75, 3.05) is 12.0 Å². The number of ether oxygens (including phenoxy) is 1. The Morgan fingerprint density at radius 2 is 2.03 bits per heavy atom. The van der Waals surface area contributed by atoms with Gasteiger partial charge < -0.3 is 9.15 Å². The van der Waals surface area contributed by atoms with Crippen LogP contribution >= 0.6 is 51.5 Å². The van der Waals surface area contributed by atoms with Crippen LogP contribution in [0.4, 0.5) is 11.4 Å². The first-order valence-corrected chi connectivity index (χ1v) is 11.3. The number of nitro benzene ring substituents is 1. The van der Waals surface area contributed by atoms with Crippen LogP contribution < -0.4 is 9.64 Å². The van der Waals surface area contributed by atoms with Crippen LogP contribution in [0.1, 0.15) is 5.76 Å². The fourth-order valence-corrected chi connectivity index (χ4v) is 4.72. The average molecular weight is 552 g/mol. The van der Waals surface area contributed by atoms with Gasteiger partial charge >= 0.3 is 0 Å². The third kappa shape index (κ3) is 4.31. The number of methoxy groups -OCH3 is 1. The van der Waals surface area contributed by atoms with E-state index in [1.165, 1.54) is 18.1 Å². The summed E-state index contributed by atoms with van der Waals surface area (Å²) in [6.07, 6.45) is 1.55. The van der Waals surface area contributed by atoms with E-state index in [4.69, 9.17) is 33.0 Å². The van der Waals surface area contributed by atoms with Crippen LogP contribution in [-0.2, 0) is 4.79 Å². The second-order valence-corrected chi connectivity index (χ2v) is 9.40. The lowest BCUT2D eigenvalue weighted by Gasteiger charge is -2.15. The predicted octanol–water partition coefficient (Wildman–Crippen LogP) is 6.69. The first-order chi connectivity index (χ1) is 15.3. The van der Waals surface area contributed by atoms with E-state index in [2.05, 4.69) is 15.9 Å². The van der Waals surface area contributed by atoms with Crippen LogP contribution in [0.5, 0.6) is 5.75 Å². The van der Waals surface area contributed by atoms with Crippen molar-refractivity contribution < 1.29 is 18.9 Å². The molecule has 0 N–H and O–H groups in total. The summed E-state index contributed by atoms with van der Waals surface area (Å²) in [4.78, 5) is 25.7. The molecule has 1 fully saturated rings. The van der Waals surface area contributed by atoms with Crippen LogP contribution in [0.25, 0.3) is 17.4 Å². The number of furan rings is 1. The van der Waals surface area contributed by atoms with Gasteiger partial charge in [-0.1, -0.05) is 35.6 Å². The minimum Gasteiger partial charge on any atom is -0.497 e. The number of halogens is 2. The number of hydrogen-bond donors (Lipinski definition) is 0. The van der Waals surface area contributed by atoms with Crippen LogP contribution in [0.3, 0.4) is 0 Å². The standard InChI is InChI=1S/C21H12BrClN2O5S2/c1-29-12-3-5-14(17(9-12)25(27)28)18-7-4-13(30-18)10-19-20(26)24(21(31)32-19)11-2-6-15(22)16(23)8-11/h2-10H,1H3/b19-10+. The number of nitrogens with zero attached hydrogens (tertiary/aromatic N) is 2. The van der Waals surface area contributed by atoms with E-state index < -0.39 is 4.92 Å². The normalized spacial score (nSPS) is 15.0. The molecule has 4 rings (SSSR count). The van der Waals surface area contributed by atoms with Crippen molar-refractivity contribution in [1.29, 1.82) is 0 Å². The fourth-order valence-electron chi connectivity index (χ4n) is 3.02. The zero-order valence-corrected chi connectivity index (χ0v) is 20.2. The molecule has 0 unspecified atom stereocenters. The van der Waals surface area contributed by atoms with Gasteiger partial charge in [-0.15, -0.1) is 0 Å². The Morgan fingerprint density at radius 3 is 2.72 bits per heavy atom. The van der Waals surface area contributed by atoms with Crippen LogP contribution in [0, 0.1) is 10.1 Å². The number of nitro groups is 1. The van der Waals surface area contributed by atoms with Gasteiger partial charge in [-0.25, -0.2) is 0 Å². The minimum absolute atomic E-state index is 0.149. The molecular weight excluding hydrogens is 540 g/mol. The van der Waals surface area contributed by atoms with Crippen LogP contribution in [0.2, 0.25) is 5.02 Å². The quantitative estimate of drug-likeness (QED) is 0.151. The van der Waals surface area contributed by atoms with Crippen molar-refractivity contribution in [1.82, 2.24) is 0 Å². The fraction of sp³-hybridized carbons (Fsp3) is 0.0476. The number of hydrogen-bond acceptors (Lipinski definition) is 7. The maximum absolute atomic E-state index is 13.0. The molecule has 1 amide bonds. The van der Waals surface area contributed by atoms with Gasteiger partial charge in [0.15, 0.2) is 4.32 Å². The molecule has 1 aromatic heterocycles. The van der Waals surface area contributed by atoms with E-state index in [0.29, 0.717) is 47.2 Å². The Morgan fingerprint density at radius 1 is 1.25 bits per heavy atom. The molecule has 1 aliphatic heterocycles. The third-order valence-corrected chi connectivity index (χ3v) is 7.06. The molecule has 1 aliphatic rings. The number of thiocarbonyl (C=S) groups is 1. The van der Waals surface area contributed by atoms with Crippen LogP contribution in [0.15, 0.2) is 62.3 Å². The van der Waals surface area contributed by atoms with E-state index in [9.17, 15) is 14.9 Å². The zero-order chi connectivity index (χ0) is 23.0. The molecule has 3 aromatic rings. The summed E-state index contributed by atoms with van der Waals surface area (Å²) in [7, 11) is 1.43. The molecule has 2 heterocycles. The lowest BCUT2D eigenvalue weighted by Crippen LogP contribution is -2.27. The van der Waals surface area contributed by atoms with E-state index >= 15 is 0 Å². The zero-order valence-electron chi connectivity index (χ0n) is 16.2. The number of carbonyl (C=O) groups is 1. The monoisotopic (exact) mass is 550 g/mol. The van der Waals surface area contributed by atoms with Crippen molar-refractivity contribution >= 4 is 79.2 Å². The number of carbonyl (C=O) groups excluding carboxylic acids is 1. The first-order valence-electron chi connectivity index (χ1n) is 8.94. The summed E-state index contributed by atoms with van der Waals surface area (Å²) in [6, 6.07) is 12.8. The smallest absolute Gasteiger partial charge is 0.284 e. The SMILES string of the molecule is COc1ccc(-c2ccc(/C=C3/SC(=S)N(c4ccc(Br)c(Cl)c4)C3=O)o2)c([N+](=O)[O-])c1. The van der Waals surface area contributed by atoms with Gasteiger partial charge in [0, 0.05) is 10.5 Å². The summed E-state index contributed by atoms with van der Waals surface area (Å²) < 4.78 is 11.9. The number of benzene rings is 2. The van der Waals surface area contributed by atoms with E-state index in [0.717, 1.165) is 11.8 Å². The summed E-state index contributed by atoms with van der Waals surface area (Å²) >= 11 is 16.0. The maximum Gasteiger partial charge on any atom is 0.284 e. The molecule has 0 saturated carbocycles. The Hall–Kier alpha value is -2.66. The highest BCUT2D eigenvalue weighted by atomic mass is 79.9. The molecule has 162 valence electrons. The Kier molecular flexibility index (Phi) is 6.38. The molecule has 32 heavy (non-hydrogen) atoms. The molecule has 2 aromatic carbocycles. The van der Waals surface area contributed by atoms with Crippen molar-refractivity contribution in [3.63, 3.8) is 0 Å². The van der Waals surface area contributed by atoms with Gasteiger partial charge in [0.25, 0.3) is 11.6 Å². The molecule has 0 atom stereocenters. The van der Waals surface area contributed by atoms with E-state index in [1.54, 1.807) is 48.5 Å². The Labute approximate surface area is 205 Å². The van der Waals surface area contributed by atoms with Crippen molar-refractivity contribution in [3.8, 4) is 17.1 Å². The second-order valence-electron chi connectivity index (χ2n) is 6.46. The van der Waals surface area contributed by atoms with Gasteiger partial charge in [0.2, 0.25) is 0 Å². The molecular formula is C21H12BrClN2O5S2. The molecule has 0 aliphatic carbocycles. The molecule has 7 nitrogen and oxygen atoms in total. The minimum atomic E-state index is -0.505. The maximum atomic E-state index is 13.0. The highest BCUT2D eigenvalue weighted by Gasteiger charge is 2.34.